The lowest BCUT2D eigenvalue weighted by Gasteiger charge is -2.37. The van der Waals surface area contributed by atoms with Crippen molar-refractivity contribution >= 4 is 34.7 Å². The third-order valence-corrected chi connectivity index (χ3v) is 8.28. The van der Waals surface area contributed by atoms with E-state index >= 15 is 4.39 Å². The Morgan fingerprint density at radius 2 is 2.07 bits per heavy atom. The molecule has 8 nitrogen and oxygen atoms in total. The van der Waals surface area contributed by atoms with E-state index in [0.717, 1.165) is 18.4 Å². The normalized spacial score (nSPS) is 19.3. The average molecular weight is 603 g/mol. The third-order valence-electron chi connectivity index (χ3n) is 8.00. The van der Waals surface area contributed by atoms with E-state index in [-0.39, 0.29) is 51.2 Å². The van der Waals surface area contributed by atoms with Crippen molar-refractivity contribution in [2.75, 3.05) is 16.8 Å². The van der Waals surface area contributed by atoms with Gasteiger partial charge in [-0.25, -0.2) is 4.39 Å². The molecule has 1 aliphatic heterocycles. The average Bonchev–Trinajstić information content (AvgIpc) is 3.22. The van der Waals surface area contributed by atoms with Gasteiger partial charge in [-0.2, -0.15) is 5.10 Å². The quantitative estimate of drug-likeness (QED) is 0.304. The molecule has 6 rings (SSSR count). The number of aromatic hydroxyl groups is 1. The molecule has 0 radical (unpaired) electrons. The van der Waals surface area contributed by atoms with Crippen LogP contribution in [0.2, 0.25) is 5.02 Å². The molecule has 1 amide bonds. The molecule has 2 aliphatic carbocycles. The summed E-state index contributed by atoms with van der Waals surface area (Å²) in [6.45, 7) is 4.28. The van der Waals surface area contributed by atoms with Crippen LogP contribution in [0.15, 0.2) is 77.7 Å². The van der Waals surface area contributed by atoms with E-state index in [0.29, 0.717) is 24.5 Å². The minimum atomic E-state index is -1.18. The number of nitrogens with one attached hydrogen (secondary N) is 1. The predicted molar refractivity (Wildman–Crippen MR) is 163 cm³/mol. The molecule has 0 spiro atoms. The summed E-state index contributed by atoms with van der Waals surface area (Å²) < 4.78 is 23.6. The van der Waals surface area contributed by atoms with Crippen molar-refractivity contribution in [2.45, 2.75) is 45.6 Å². The highest BCUT2D eigenvalue weighted by atomic mass is 35.5. The number of aryl methyl sites for hydroxylation is 1. The van der Waals surface area contributed by atoms with Crippen LogP contribution in [-0.4, -0.2) is 33.2 Å². The van der Waals surface area contributed by atoms with Crippen LogP contribution in [0.1, 0.15) is 61.6 Å². The minimum absolute atomic E-state index is 0.0636. The maximum absolute atomic E-state index is 16.3. The zero-order valence-electron chi connectivity index (χ0n) is 24.2. The summed E-state index contributed by atoms with van der Waals surface area (Å²) >= 11 is 6.43. The van der Waals surface area contributed by atoms with Gasteiger partial charge in [0.1, 0.15) is 29.6 Å². The smallest absolute Gasteiger partial charge is 0.281 e. The van der Waals surface area contributed by atoms with Gasteiger partial charge in [-0.1, -0.05) is 49.7 Å². The van der Waals surface area contributed by atoms with Gasteiger partial charge in [0.2, 0.25) is 0 Å². The van der Waals surface area contributed by atoms with Crippen LogP contribution in [0.4, 0.5) is 15.8 Å². The van der Waals surface area contributed by atoms with Crippen molar-refractivity contribution in [3.8, 4) is 11.5 Å². The minimum Gasteiger partial charge on any atom is -0.506 e. The fraction of sp³-hybridized carbons (Fsp3) is 0.303. The van der Waals surface area contributed by atoms with Crippen molar-refractivity contribution in [3.05, 3.63) is 99.8 Å². The Morgan fingerprint density at radius 1 is 1.26 bits per heavy atom. The molecule has 0 saturated heterocycles. The number of phenols is 1. The summed E-state index contributed by atoms with van der Waals surface area (Å²) in [6.07, 6.45) is 10.0. The van der Waals surface area contributed by atoms with Gasteiger partial charge in [-0.15, -0.1) is 0 Å². The Morgan fingerprint density at radius 3 is 2.77 bits per heavy atom. The number of hydrogen-bond acceptors (Lipinski definition) is 6. The first-order valence-electron chi connectivity index (χ1n) is 14.2. The summed E-state index contributed by atoms with van der Waals surface area (Å²) in [6, 6.07) is 8.02. The molecular formula is C33H32ClFN4O4. The maximum Gasteiger partial charge on any atom is 0.281 e. The molecule has 0 bridgehead atoms. The number of carbonyl (C=O) groups is 2. The Balaban J connectivity index is 1.53. The number of rotatable bonds is 5. The van der Waals surface area contributed by atoms with Gasteiger partial charge in [-0.3, -0.25) is 19.2 Å². The molecule has 2 heterocycles. The number of Topliss-reactive ketones (excluding diaryl/α,β-unsaturated/α-hetero) is 1. The molecule has 3 aromatic rings. The maximum atomic E-state index is 16.3. The molecule has 1 aromatic heterocycles. The van der Waals surface area contributed by atoms with Crippen molar-refractivity contribution in [1.82, 2.24) is 9.78 Å². The van der Waals surface area contributed by atoms with Crippen LogP contribution in [-0.2, 0) is 11.8 Å². The Kier molecular flexibility index (Phi) is 7.38. The SMILES string of the molecule is Cn1cc(Cl)c(C(=O)N2c3cccc(O)c3NC3=C(C(=O)CC(C)(C)C3)C2c2ccc(OCC3=CC=CCC3)cc2F)n1. The first kappa shape index (κ1) is 28.7. The number of ketones is 1. The first-order chi connectivity index (χ1) is 20.5. The monoisotopic (exact) mass is 602 g/mol. The van der Waals surface area contributed by atoms with E-state index in [9.17, 15) is 14.7 Å². The largest absolute Gasteiger partial charge is 0.506 e. The van der Waals surface area contributed by atoms with Crippen LogP contribution in [0.5, 0.6) is 11.5 Å². The van der Waals surface area contributed by atoms with Crippen molar-refractivity contribution in [2.24, 2.45) is 12.5 Å². The molecular weight excluding hydrogens is 571 g/mol. The van der Waals surface area contributed by atoms with E-state index < -0.39 is 23.2 Å². The molecule has 0 saturated carbocycles. The standard InChI is InChI=1S/C33H32ClFN4O4/c1-33(2)15-24-28(27(41)16-33)31(21-13-12-20(14-23(21)35)43-18-19-8-5-4-6-9-19)39(25-10-7-11-26(40)30(25)36-24)32(42)29-22(34)17-38(3)37-29/h4-5,7-8,10-14,17,31,36,40H,6,9,15-16,18H2,1-3H3. The molecule has 0 fully saturated rings. The number of phenolic OH excluding ortho intramolecular Hbond substituents is 1. The number of fused-ring (bicyclic) bond motifs is 1. The second-order valence-electron chi connectivity index (χ2n) is 12.0. The number of hydrogen-bond donors (Lipinski definition) is 2. The number of nitrogens with zero attached hydrogens (tertiary/aromatic N) is 3. The van der Waals surface area contributed by atoms with Crippen molar-refractivity contribution < 1.29 is 23.8 Å². The number of amides is 1. The van der Waals surface area contributed by atoms with Crippen LogP contribution < -0.4 is 15.0 Å². The van der Waals surface area contributed by atoms with Crippen LogP contribution in [0.25, 0.3) is 0 Å². The lowest BCUT2D eigenvalue weighted by Crippen LogP contribution is -2.40. The van der Waals surface area contributed by atoms with Crippen LogP contribution in [0.3, 0.4) is 0 Å². The summed E-state index contributed by atoms with van der Waals surface area (Å²) in [5.74, 6) is -1.30. The summed E-state index contributed by atoms with van der Waals surface area (Å²) in [7, 11) is 1.63. The molecule has 2 N–H and O–H groups in total. The number of ether oxygens (including phenoxy) is 1. The zero-order valence-corrected chi connectivity index (χ0v) is 24.9. The third kappa shape index (κ3) is 5.45. The number of anilines is 2. The van der Waals surface area contributed by atoms with Gasteiger partial charge in [-0.05, 0) is 54.5 Å². The second kappa shape index (κ2) is 11.0. The Labute approximate surface area is 254 Å². The molecule has 222 valence electrons. The molecule has 43 heavy (non-hydrogen) atoms. The first-order valence-corrected chi connectivity index (χ1v) is 14.5. The van der Waals surface area contributed by atoms with Gasteiger partial charge < -0.3 is 15.2 Å². The van der Waals surface area contributed by atoms with E-state index in [1.54, 1.807) is 31.3 Å². The summed E-state index contributed by atoms with van der Waals surface area (Å²) in [5, 5.41) is 18.6. The molecule has 1 unspecified atom stereocenters. The topological polar surface area (TPSA) is 96.7 Å². The van der Waals surface area contributed by atoms with Gasteiger partial charge in [0.15, 0.2) is 11.5 Å². The van der Waals surface area contributed by atoms with Crippen LogP contribution >= 0.6 is 11.6 Å². The van der Waals surface area contributed by atoms with Gasteiger partial charge in [0.05, 0.1) is 16.8 Å². The second-order valence-corrected chi connectivity index (χ2v) is 12.4. The zero-order chi connectivity index (χ0) is 30.5. The van der Waals surface area contributed by atoms with Crippen LogP contribution in [0, 0.1) is 11.2 Å². The molecule has 3 aliphatic rings. The highest BCUT2D eigenvalue weighted by Gasteiger charge is 2.45. The van der Waals surface area contributed by atoms with Gasteiger partial charge >= 0.3 is 0 Å². The number of halogens is 2. The fourth-order valence-electron chi connectivity index (χ4n) is 6.05. The molecule has 10 heteroatoms. The van der Waals surface area contributed by atoms with E-state index in [4.69, 9.17) is 16.3 Å². The summed E-state index contributed by atoms with van der Waals surface area (Å²) in [5.41, 5.74) is 2.01. The van der Waals surface area contributed by atoms with Crippen molar-refractivity contribution in [3.63, 3.8) is 0 Å². The lowest BCUT2D eigenvalue weighted by atomic mass is 9.73. The lowest BCUT2D eigenvalue weighted by molar-refractivity contribution is -0.118. The fourth-order valence-corrected chi connectivity index (χ4v) is 6.31. The number of benzene rings is 2. The number of allylic oxidation sites excluding steroid dienone is 4. The summed E-state index contributed by atoms with van der Waals surface area (Å²) in [4.78, 5) is 29.6. The van der Waals surface area contributed by atoms with Gasteiger partial charge in [0.25, 0.3) is 5.91 Å². The molecule has 2 aromatic carbocycles. The van der Waals surface area contributed by atoms with Gasteiger partial charge in [0, 0.05) is 42.6 Å². The number of carbonyl (C=O) groups excluding carboxylic acids is 2. The highest BCUT2D eigenvalue weighted by Crippen LogP contribution is 2.51. The number of aromatic nitrogens is 2. The Bertz CT molecular complexity index is 1740. The van der Waals surface area contributed by atoms with Crippen molar-refractivity contribution in [1.29, 1.82) is 0 Å². The Hall–Kier alpha value is -4.37. The highest BCUT2D eigenvalue weighted by molar-refractivity contribution is 6.34. The number of para-hydroxylation sites is 1. The molecule has 1 atom stereocenters. The van der Waals surface area contributed by atoms with E-state index in [2.05, 4.69) is 16.5 Å². The predicted octanol–water partition coefficient (Wildman–Crippen LogP) is 7.03. The van der Waals surface area contributed by atoms with E-state index in [1.807, 2.05) is 26.0 Å². The van der Waals surface area contributed by atoms with E-state index in [1.165, 1.54) is 27.9 Å².